The number of aryl methyl sites for hydroxylation is 1. The molecule has 0 aliphatic heterocycles. The molecule has 90 valence electrons. The molecule has 0 atom stereocenters. The number of hydrogen-bond donors (Lipinski definition) is 0. The van der Waals surface area contributed by atoms with Crippen LogP contribution in [-0.2, 0) is 0 Å². The van der Waals surface area contributed by atoms with Gasteiger partial charge in [-0.15, -0.1) is 11.3 Å². The molecule has 0 fully saturated rings. The summed E-state index contributed by atoms with van der Waals surface area (Å²) in [4.78, 5) is 1.39. The highest BCUT2D eigenvalue weighted by molar-refractivity contribution is 7.19. The van der Waals surface area contributed by atoms with Crippen LogP contribution in [0, 0.1) is 6.92 Å². The Morgan fingerprint density at radius 2 is 1.76 bits per heavy atom. The lowest BCUT2D eigenvalue weighted by molar-refractivity contribution is 1.50. The molecule has 0 aliphatic rings. The lowest BCUT2D eigenvalue weighted by Gasteiger charge is -1.91. The Balaban J connectivity index is 0.000000686. The van der Waals surface area contributed by atoms with Gasteiger partial charge < -0.3 is 0 Å². The lowest BCUT2D eigenvalue weighted by atomic mass is 10.1. The minimum absolute atomic E-state index is 1.36. The van der Waals surface area contributed by atoms with Crippen molar-refractivity contribution in [1.29, 1.82) is 0 Å². The van der Waals surface area contributed by atoms with Gasteiger partial charge in [-0.05, 0) is 30.9 Å². The van der Waals surface area contributed by atoms with Crippen LogP contribution in [-0.4, -0.2) is 0 Å². The predicted octanol–water partition coefficient (Wildman–Crippen LogP) is 5.83. The van der Waals surface area contributed by atoms with Gasteiger partial charge in [-0.2, -0.15) is 0 Å². The summed E-state index contributed by atoms with van der Waals surface area (Å²) in [5.41, 5.74) is 1.36. The van der Waals surface area contributed by atoms with Crippen molar-refractivity contribution in [2.45, 2.75) is 27.7 Å². The SMILES string of the molecule is C/C=C/C=C\c1c(C)sc2ccccc12.CC. The third-order valence-electron chi connectivity index (χ3n) is 2.39. The average molecular weight is 244 g/mol. The topological polar surface area (TPSA) is 0 Å². The van der Waals surface area contributed by atoms with E-state index in [1.54, 1.807) is 0 Å². The Morgan fingerprint density at radius 1 is 1.06 bits per heavy atom. The van der Waals surface area contributed by atoms with Gasteiger partial charge in [0.05, 0.1) is 0 Å². The molecule has 0 aliphatic carbocycles. The summed E-state index contributed by atoms with van der Waals surface area (Å²) in [5.74, 6) is 0. The van der Waals surface area contributed by atoms with Crippen molar-refractivity contribution in [1.82, 2.24) is 0 Å². The number of rotatable bonds is 2. The van der Waals surface area contributed by atoms with Gasteiger partial charge in [0.25, 0.3) is 0 Å². The molecule has 0 nitrogen and oxygen atoms in total. The average Bonchev–Trinajstić information content (AvgIpc) is 2.69. The second-order valence-electron chi connectivity index (χ2n) is 3.45. The van der Waals surface area contributed by atoms with E-state index in [-0.39, 0.29) is 0 Å². The van der Waals surface area contributed by atoms with Gasteiger partial charge in [-0.25, -0.2) is 0 Å². The molecule has 0 saturated carbocycles. The molecule has 17 heavy (non-hydrogen) atoms. The standard InChI is InChI=1S/C14H14S.C2H6/c1-3-4-5-8-12-11(2)15-14-10-7-6-9-13(12)14;1-2/h3-10H,1-2H3;1-2H3/b4-3+,8-5-;. The fourth-order valence-corrected chi connectivity index (χ4v) is 2.71. The van der Waals surface area contributed by atoms with Crippen LogP contribution in [0.15, 0.2) is 42.5 Å². The summed E-state index contributed by atoms with van der Waals surface area (Å²) in [6.45, 7) is 8.21. The fraction of sp³-hybridized carbons (Fsp3) is 0.250. The monoisotopic (exact) mass is 244 g/mol. The quantitative estimate of drug-likeness (QED) is 0.583. The number of allylic oxidation sites excluding steroid dienone is 3. The van der Waals surface area contributed by atoms with Crippen LogP contribution in [0.25, 0.3) is 16.2 Å². The van der Waals surface area contributed by atoms with Crippen LogP contribution in [0.4, 0.5) is 0 Å². The van der Waals surface area contributed by atoms with Crippen LogP contribution in [0.2, 0.25) is 0 Å². The summed E-state index contributed by atoms with van der Waals surface area (Å²) in [5, 5.41) is 1.36. The number of benzene rings is 1. The maximum absolute atomic E-state index is 2.19. The summed E-state index contributed by atoms with van der Waals surface area (Å²) >= 11 is 1.86. The van der Waals surface area contributed by atoms with Gasteiger partial charge >= 0.3 is 0 Å². The van der Waals surface area contributed by atoms with Gasteiger partial charge in [0.15, 0.2) is 0 Å². The Hall–Kier alpha value is -1.34. The highest BCUT2D eigenvalue weighted by Crippen LogP contribution is 2.31. The van der Waals surface area contributed by atoms with E-state index in [0.717, 1.165) is 0 Å². The first kappa shape index (κ1) is 13.7. The van der Waals surface area contributed by atoms with Crippen molar-refractivity contribution in [2.75, 3.05) is 0 Å². The van der Waals surface area contributed by atoms with Crippen molar-refractivity contribution in [2.24, 2.45) is 0 Å². The fourth-order valence-electron chi connectivity index (χ4n) is 1.66. The zero-order valence-electron chi connectivity index (χ0n) is 11.0. The molecule has 0 amide bonds. The van der Waals surface area contributed by atoms with Crippen molar-refractivity contribution in [3.8, 4) is 0 Å². The Labute approximate surface area is 108 Å². The van der Waals surface area contributed by atoms with Crippen molar-refractivity contribution >= 4 is 27.5 Å². The van der Waals surface area contributed by atoms with Crippen LogP contribution < -0.4 is 0 Å². The molecular weight excluding hydrogens is 224 g/mol. The molecule has 0 bridgehead atoms. The van der Waals surface area contributed by atoms with E-state index in [1.165, 1.54) is 20.5 Å². The Bertz CT molecular complexity index is 515. The van der Waals surface area contributed by atoms with Crippen LogP contribution in [0.3, 0.4) is 0 Å². The number of hydrogen-bond acceptors (Lipinski definition) is 1. The first-order valence-corrected chi connectivity index (χ1v) is 6.92. The van der Waals surface area contributed by atoms with Crippen molar-refractivity contribution < 1.29 is 0 Å². The van der Waals surface area contributed by atoms with Gasteiger partial charge in [0.2, 0.25) is 0 Å². The molecular formula is C16H20S. The Morgan fingerprint density at radius 3 is 2.47 bits per heavy atom. The molecule has 1 heteroatoms. The predicted molar refractivity (Wildman–Crippen MR) is 81.8 cm³/mol. The highest BCUT2D eigenvalue weighted by Gasteiger charge is 2.04. The van der Waals surface area contributed by atoms with Crippen LogP contribution >= 0.6 is 11.3 Å². The smallest absolute Gasteiger partial charge is 0.0351 e. The molecule has 0 N–H and O–H groups in total. The number of thiophene rings is 1. The van der Waals surface area contributed by atoms with E-state index in [2.05, 4.69) is 49.4 Å². The molecule has 2 aromatic rings. The van der Waals surface area contributed by atoms with Crippen LogP contribution in [0.1, 0.15) is 31.2 Å². The second-order valence-corrected chi connectivity index (χ2v) is 4.71. The van der Waals surface area contributed by atoms with Crippen molar-refractivity contribution in [3.63, 3.8) is 0 Å². The molecule has 1 aromatic heterocycles. The number of fused-ring (bicyclic) bond motifs is 1. The van der Waals surface area contributed by atoms with E-state index >= 15 is 0 Å². The van der Waals surface area contributed by atoms with E-state index in [4.69, 9.17) is 0 Å². The lowest BCUT2D eigenvalue weighted by Crippen LogP contribution is -1.70. The van der Waals surface area contributed by atoms with Crippen LogP contribution in [0.5, 0.6) is 0 Å². The van der Waals surface area contributed by atoms with E-state index in [1.807, 2.05) is 38.2 Å². The molecule has 1 aromatic carbocycles. The largest absolute Gasteiger partial charge is 0.140 e. The van der Waals surface area contributed by atoms with E-state index in [9.17, 15) is 0 Å². The zero-order chi connectivity index (χ0) is 12.7. The first-order chi connectivity index (χ1) is 8.33. The maximum Gasteiger partial charge on any atom is 0.0351 e. The molecule has 2 rings (SSSR count). The summed E-state index contributed by atoms with van der Waals surface area (Å²) < 4.78 is 1.37. The van der Waals surface area contributed by atoms with Gasteiger partial charge in [-0.3, -0.25) is 0 Å². The third kappa shape index (κ3) is 3.31. The molecule has 1 heterocycles. The zero-order valence-corrected chi connectivity index (χ0v) is 11.8. The normalized spacial score (nSPS) is 11.1. The van der Waals surface area contributed by atoms with E-state index in [0.29, 0.717) is 0 Å². The van der Waals surface area contributed by atoms with Gasteiger partial charge in [0.1, 0.15) is 0 Å². The molecule has 0 radical (unpaired) electrons. The van der Waals surface area contributed by atoms with E-state index < -0.39 is 0 Å². The molecule has 0 spiro atoms. The third-order valence-corrected chi connectivity index (χ3v) is 3.49. The van der Waals surface area contributed by atoms with Gasteiger partial charge in [0, 0.05) is 9.58 Å². The second kappa shape index (κ2) is 7.08. The maximum atomic E-state index is 2.19. The molecule has 0 unspecified atom stereocenters. The summed E-state index contributed by atoms with van der Waals surface area (Å²) in [6, 6.07) is 8.56. The minimum atomic E-state index is 1.36. The molecule has 0 saturated heterocycles. The Kier molecular flexibility index (Phi) is 5.71. The summed E-state index contributed by atoms with van der Waals surface area (Å²) in [6.07, 6.45) is 8.39. The van der Waals surface area contributed by atoms with Crippen molar-refractivity contribution in [3.05, 3.63) is 52.9 Å². The van der Waals surface area contributed by atoms with Gasteiger partial charge in [-0.1, -0.05) is 56.4 Å². The highest BCUT2D eigenvalue weighted by atomic mass is 32.1. The first-order valence-electron chi connectivity index (χ1n) is 6.10. The minimum Gasteiger partial charge on any atom is -0.140 e. The summed E-state index contributed by atoms with van der Waals surface area (Å²) in [7, 11) is 0.